The zero-order chi connectivity index (χ0) is 14.4. The fourth-order valence-corrected chi connectivity index (χ4v) is 2.40. The van der Waals surface area contributed by atoms with Crippen LogP contribution < -0.4 is 10.2 Å². The molecule has 0 saturated heterocycles. The van der Waals surface area contributed by atoms with Crippen molar-refractivity contribution in [1.29, 1.82) is 0 Å². The van der Waals surface area contributed by atoms with Crippen molar-refractivity contribution < 1.29 is 0 Å². The first-order valence-corrected chi connectivity index (χ1v) is 7.61. The predicted molar refractivity (Wildman–Crippen MR) is 87.9 cm³/mol. The van der Waals surface area contributed by atoms with E-state index in [2.05, 4.69) is 75.4 Å². The van der Waals surface area contributed by atoms with Gasteiger partial charge in [0, 0.05) is 24.6 Å². The fraction of sp³-hybridized carbons (Fsp3) is 0.312. The highest BCUT2D eigenvalue weighted by molar-refractivity contribution is 9.10. The lowest BCUT2D eigenvalue weighted by Gasteiger charge is -2.19. The number of hydrogen-bond donors (Lipinski definition) is 1. The van der Waals surface area contributed by atoms with Gasteiger partial charge >= 0.3 is 0 Å². The van der Waals surface area contributed by atoms with Crippen LogP contribution >= 0.6 is 15.9 Å². The molecule has 4 heteroatoms. The number of anilines is 1. The molecule has 1 heterocycles. The molecule has 0 aliphatic heterocycles. The van der Waals surface area contributed by atoms with Crippen LogP contribution in [-0.4, -0.2) is 18.6 Å². The van der Waals surface area contributed by atoms with Crippen molar-refractivity contribution in [2.24, 2.45) is 0 Å². The van der Waals surface area contributed by atoms with Gasteiger partial charge in [-0.1, -0.05) is 47.1 Å². The van der Waals surface area contributed by atoms with Crippen LogP contribution in [0.25, 0.3) is 0 Å². The number of aromatic nitrogens is 1. The third-order valence-corrected chi connectivity index (χ3v) is 3.88. The summed E-state index contributed by atoms with van der Waals surface area (Å²) in [4.78, 5) is 6.85. The first-order valence-electron chi connectivity index (χ1n) is 6.82. The van der Waals surface area contributed by atoms with Gasteiger partial charge in [-0.05, 0) is 30.3 Å². The van der Waals surface area contributed by atoms with Gasteiger partial charge in [-0.15, -0.1) is 0 Å². The summed E-state index contributed by atoms with van der Waals surface area (Å²) in [5.41, 5.74) is 2.33. The molecule has 0 atom stereocenters. The number of hydrogen-bond acceptors (Lipinski definition) is 3. The van der Waals surface area contributed by atoms with E-state index in [0.717, 1.165) is 35.6 Å². The molecule has 0 unspecified atom stereocenters. The van der Waals surface area contributed by atoms with Crippen LogP contribution in [0.5, 0.6) is 0 Å². The van der Waals surface area contributed by atoms with Crippen molar-refractivity contribution in [1.82, 2.24) is 10.3 Å². The Morgan fingerprint density at radius 1 is 1.15 bits per heavy atom. The van der Waals surface area contributed by atoms with E-state index >= 15 is 0 Å². The smallest absolute Gasteiger partial charge is 0.128 e. The number of rotatable bonds is 6. The first kappa shape index (κ1) is 15.0. The largest absolute Gasteiger partial charge is 0.355 e. The molecule has 2 rings (SSSR count). The number of pyridine rings is 1. The van der Waals surface area contributed by atoms with E-state index in [1.807, 2.05) is 12.1 Å². The van der Waals surface area contributed by atoms with Crippen molar-refractivity contribution in [2.75, 3.05) is 18.5 Å². The van der Waals surface area contributed by atoms with Crippen molar-refractivity contribution >= 4 is 21.7 Å². The van der Waals surface area contributed by atoms with E-state index in [-0.39, 0.29) is 0 Å². The van der Waals surface area contributed by atoms with Gasteiger partial charge in [0.2, 0.25) is 0 Å². The Labute approximate surface area is 129 Å². The Balaban J connectivity index is 2.09. The molecule has 0 fully saturated rings. The molecule has 0 saturated carbocycles. The Hall–Kier alpha value is -1.39. The van der Waals surface area contributed by atoms with E-state index < -0.39 is 0 Å². The second-order valence-corrected chi connectivity index (χ2v) is 5.57. The predicted octanol–water partition coefficient (Wildman–Crippen LogP) is 3.59. The Morgan fingerprint density at radius 3 is 2.70 bits per heavy atom. The maximum atomic E-state index is 4.68. The molecule has 20 heavy (non-hydrogen) atoms. The molecule has 0 radical (unpaired) electrons. The molecular weight excluding hydrogens is 314 g/mol. The van der Waals surface area contributed by atoms with E-state index in [9.17, 15) is 0 Å². The maximum Gasteiger partial charge on any atom is 0.128 e. The lowest BCUT2D eigenvalue weighted by molar-refractivity contribution is 0.708. The number of nitrogens with zero attached hydrogens (tertiary/aromatic N) is 2. The third kappa shape index (κ3) is 4.05. The van der Waals surface area contributed by atoms with Crippen LogP contribution in [0.1, 0.15) is 18.2 Å². The van der Waals surface area contributed by atoms with Crippen LogP contribution in [0.3, 0.4) is 0 Å². The molecule has 0 amide bonds. The highest BCUT2D eigenvalue weighted by atomic mass is 79.9. The summed E-state index contributed by atoms with van der Waals surface area (Å²) in [6.07, 6.45) is 0. The summed E-state index contributed by atoms with van der Waals surface area (Å²) in [6.45, 7) is 4.70. The van der Waals surface area contributed by atoms with Gasteiger partial charge in [-0.3, -0.25) is 0 Å². The highest BCUT2D eigenvalue weighted by Gasteiger charge is 2.06. The van der Waals surface area contributed by atoms with E-state index in [1.165, 1.54) is 5.56 Å². The second kappa shape index (κ2) is 7.41. The average Bonchev–Trinajstić information content (AvgIpc) is 2.48. The summed E-state index contributed by atoms with van der Waals surface area (Å²) in [7, 11) is 2.07. The van der Waals surface area contributed by atoms with Gasteiger partial charge in [-0.25, -0.2) is 4.98 Å². The van der Waals surface area contributed by atoms with Gasteiger partial charge in [0.05, 0.1) is 5.69 Å². The molecule has 2 aromatic rings. The standard InChI is InChI=1S/C16H20BrN3/c1-3-18-11-14-8-6-10-16(19-14)20(2)12-13-7-4-5-9-15(13)17/h4-10,18H,3,11-12H2,1-2H3. The van der Waals surface area contributed by atoms with E-state index in [1.54, 1.807) is 0 Å². The summed E-state index contributed by atoms with van der Waals surface area (Å²) < 4.78 is 1.13. The van der Waals surface area contributed by atoms with Crippen molar-refractivity contribution in [2.45, 2.75) is 20.0 Å². The molecular formula is C16H20BrN3. The minimum Gasteiger partial charge on any atom is -0.355 e. The normalized spacial score (nSPS) is 10.6. The zero-order valence-corrected chi connectivity index (χ0v) is 13.5. The zero-order valence-electron chi connectivity index (χ0n) is 11.9. The maximum absolute atomic E-state index is 4.68. The second-order valence-electron chi connectivity index (χ2n) is 4.71. The van der Waals surface area contributed by atoms with Crippen LogP contribution in [0.2, 0.25) is 0 Å². The quantitative estimate of drug-likeness (QED) is 0.875. The summed E-state index contributed by atoms with van der Waals surface area (Å²) >= 11 is 3.59. The number of benzene rings is 1. The molecule has 0 aliphatic rings. The lowest BCUT2D eigenvalue weighted by atomic mass is 10.2. The van der Waals surface area contributed by atoms with Crippen LogP contribution in [0.15, 0.2) is 46.9 Å². The molecule has 0 aliphatic carbocycles. The van der Waals surface area contributed by atoms with E-state index in [0.29, 0.717) is 0 Å². The Morgan fingerprint density at radius 2 is 1.95 bits per heavy atom. The van der Waals surface area contributed by atoms with Gasteiger partial charge in [0.1, 0.15) is 5.82 Å². The highest BCUT2D eigenvalue weighted by Crippen LogP contribution is 2.20. The topological polar surface area (TPSA) is 28.2 Å². The number of nitrogens with one attached hydrogen (secondary N) is 1. The summed E-state index contributed by atoms with van der Waals surface area (Å²) in [5, 5.41) is 3.30. The molecule has 3 nitrogen and oxygen atoms in total. The minimum atomic E-state index is 0.813. The minimum absolute atomic E-state index is 0.813. The average molecular weight is 334 g/mol. The third-order valence-electron chi connectivity index (χ3n) is 3.10. The number of halogens is 1. The fourth-order valence-electron chi connectivity index (χ4n) is 1.99. The van der Waals surface area contributed by atoms with Crippen LogP contribution in [0, 0.1) is 0 Å². The van der Waals surface area contributed by atoms with Crippen molar-refractivity contribution in [3.63, 3.8) is 0 Å². The van der Waals surface area contributed by atoms with Crippen molar-refractivity contribution in [3.8, 4) is 0 Å². The first-order chi connectivity index (χ1) is 9.70. The molecule has 0 spiro atoms. The Bertz CT molecular complexity index is 557. The van der Waals surface area contributed by atoms with Crippen LogP contribution in [0.4, 0.5) is 5.82 Å². The molecule has 1 aromatic heterocycles. The summed E-state index contributed by atoms with van der Waals surface area (Å²) in [5.74, 6) is 0.996. The molecule has 1 aromatic carbocycles. The molecule has 0 bridgehead atoms. The molecule has 1 N–H and O–H groups in total. The Kier molecular flexibility index (Phi) is 5.56. The SMILES string of the molecule is CCNCc1cccc(N(C)Cc2ccccc2Br)n1. The van der Waals surface area contributed by atoms with Gasteiger partial charge in [0.15, 0.2) is 0 Å². The van der Waals surface area contributed by atoms with Crippen molar-refractivity contribution in [3.05, 3.63) is 58.2 Å². The molecule has 106 valence electrons. The summed E-state index contributed by atoms with van der Waals surface area (Å²) in [6, 6.07) is 14.4. The van der Waals surface area contributed by atoms with Gasteiger partial charge < -0.3 is 10.2 Å². The van der Waals surface area contributed by atoms with Gasteiger partial charge in [-0.2, -0.15) is 0 Å². The van der Waals surface area contributed by atoms with Gasteiger partial charge in [0.25, 0.3) is 0 Å². The van der Waals surface area contributed by atoms with E-state index in [4.69, 9.17) is 0 Å². The lowest BCUT2D eigenvalue weighted by Crippen LogP contribution is -2.19. The van der Waals surface area contributed by atoms with Crippen LogP contribution in [-0.2, 0) is 13.1 Å². The monoisotopic (exact) mass is 333 g/mol.